The van der Waals surface area contributed by atoms with E-state index in [1.807, 2.05) is 27.7 Å². The first kappa shape index (κ1) is 25.1. The van der Waals surface area contributed by atoms with Crippen LogP contribution in [0.25, 0.3) is 0 Å². The van der Waals surface area contributed by atoms with Crippen molar-refractivity contribution in [3.8, 4) is 0 Å². The van der Waals surface area contributed by atoms with E-state index in [9.17, 15) is 14.0 Å². The number of benzene rings is 1. The molecule has 2 amide bonds. The molecule has 2 N–H and O–H groups in total. The molecule has 9 heteroatoms. The summed E-state index contributed by atoms with van der Waals surface area (Å²) in [5.41, 5.74) is -0.761. The summed E-state index contributed by atoms with van der Waals surface area (Å²) in [6.07, 6.45) is 0.181. The standard InChI is InChI=1S/C22H34BFN2O5/c1-20(2,3)29-19(28)26-12-8-11-25-18(27)14-15-9-10-17(24)16(13-15)23-30-21(4,5)22(6,7)31-23/h9-10,13H,8,11-12,14H2,1-7H3,(H,25,27)(H,26,28). The Hall–Kier alpha value is -2.13. The highest BCUT2D eigenvalue weighted by Gasteiger charge is 2.52. The van der Waals surface area contributed by atoms with E-state index in [2.05, 4.69) is 10.6 Å². The molecular weight excluding hydrogens is 402 g/mol. The normalized spacial score (nSPS) is 17.4. The van der Waals surface area contributed by atoms with Gasteiger partial charge < -0.3 is 24.7 Å². The average molecular weight is 436 g/mol. The van der Waals surface area contributed by atoms with Crippen molar-refractivity contribution >= 4 is 24.6 Å². The summed E-state index contributed by atoms with van der Waals surface area (Å²) in [6, 6.07) is 4.52. The molecule has 1 aromatic carbocycles. The van der Waals surface area contributed by atoms with Crippen molar-refractivity contribution in [2.75, 3.05) is 13.1 Å². The molecule has 0 aromatic heterocycles. The zero-order valence-electron chi connectivity index (χ0n) is 19.6. The SMILES string of the molecule is CC(C)(C)OC(=O)NCCCNC(=O)Cc1ccc(F)c(B2OC(C)(C)C(C)(C)O2)c1. The molecule has 0 radical (unpaired) electrons. The van der Waals surface area contributed by atoms with Crippen LogP contribution in [0.15, 0.2) is 18.2 Å². The summed E-state index contributed by atoms with van der Waals surface area (Å²) in [6.45, 7) is 13.8. The van der Waals surface area contributed by atoms with E-state index < -0.39 is 35.8 Å². The molecule has 1 aliphatic rings. The number of hydrogen-bond acceptors (Lipinski definition) is 5. The lowest BCUT2D eigenvalue weighted by Gasteiger charge is -2.32. The van der Waals surface area contributed by atoms with Gasteiger partial charge in [-0.15, -0.1) is 0 Å². The van der Waals surface area contributed by atoms with E-state index in [-0.39, 0.29) is 17.8 Å². The molecule has 0 aliphatic carbocycles. The number of amides is 2. The molecule has 1 heterocycles. The lowest BCUT2D eigenvalue weighted by molar-refractivity contribution is -0.120. The van der Waals surface area contributed by atoms with Gasteiger partial charge in [-0.3, -0.25) is 4.79 Å². The van der Waals surface area contributed by atoms with E-state index in [4.69, 9.17) is 14.0 Å². The van der Waals surface area contributed by atoms with E-state index in [0.717, 1.165) is 0 Å². The maximum absolute atomic E-state index is 14.4. The lowest BCUT2D eigenvalue weighted by atomic mass is 9.77. The third-order valence-corrected chi connectivity index (χ3v) is 5.28. The van der Waals surface area contributed by atoms with Crippen LogP contribution in [0.4, 0.5) is 9.18 Å². The average Bonchev–Trinajstić information content (AvgIpc) is 2.82. The minimum absolute atomic E-state index is 0.103. The first-order chi connectivity index (χ1) is 14.2. The van der Waals surface area contributed by atoms with E-state index in [1.165, 1.54) is 6.07 Å². The van der Waals surface area contributed by atoms with E-state index in [1.54, 1.807) is 32.9 Å². The number of carbonyl (C=O) groups is 2. The highest BCUT2D eigenvalue weighted by atomic mass is 19.1. The van der Waals surface area contributed by atoms with Crippen LogP contribution in [-0.2, 0) is 25.3 Å². The Morgan fingerprint density at radius 2 is 1.65 bits per heavy atom. The van der Waals surface area contributed by atoms with Gasteiger partial charge in [0.25, 0.3) is 0 Å². The predicted octanol–water partition coefficient (Wildman–Crippen LogP) is 2.70. The molecule has 0 unspecified atom stereocenters. The molecule has 31 heavy (non-hydrogen) atoms. The summed E-state index contributed by atoms with van der Waals surface area (Å²) in [4.78, 5) is 23.8. The molecule has 7 nitrogen and oxygen atoms in total. The Bertz CT molecular complexity index is 792. The van der Waals surface area contributed by atoms with Gasteiger partial charge in [-0.05, 0) is 66.5 Å². The highest BCUT2D eigenvalue weighted by molar-refractivity contribution is 6.62. The maximum atomic E-state index is 14.4. The molecule has 1 aromatic rings. The molecule has 0 spiro atoms. The van der Waals surface area contributed by atoms with Crippen molar-refractivity contribution in [2.45, 2.75) is 78.1 Å². The molecule has 1 aliphatic heterocycles. The van der Waals surface area contributed by atoms with Crippen LogP contribution < -0.4 is 16.1 Å². The van der Waals surface area contributed by atoms with Gasteiger partial charge in [0, 0.05) is 18.6 Å². The van der Waals surface area contributed by atoms with Crippen molar-refractivity contribution in [2.24, 2.45) is 0 Å². The number of carbonyl (C=O) groups excluding carboxylic acids is 2. The number of rotatable bonds is 7. The third-order valence-electron chi connectivity index (χ3n) is 5.28. The first-order valence-corrected chi connectivity index (χ1v) is 10.6. The van der Waals surface area contributed by atoms with Gasteiger partial charge in [0.15, 0.2) is 0 Å². The van der Waals surface area contributed by atoms with Crippen molar-refractivity contribution in [3.63, 3.8) is 0 Å². The molecule has 0 atom stereocenters. The topological polar surface area (TPSA) is 85.9 Å². The third kappa shape index (κ3) is 7.21. The second kappa shape index (κ2) is 9.57. The van der Waals surface area contributed by atoms with Crippen LogP contribution in [0.2, 0.25) is 0 Å². The van der Waals surface area contributed by atoms with Gasteiger partial charge in [-0.2, -0.15) is 0 Å². The molecule has 1 fully saturated rings. The highest BCUT2D eigenvalue weighted by Crippen LogP contribution is 2.36. The Morgan fingerprint density at radius 3 is 2.23 bits per heavy atom. The predicted molar refractivity (Wildman–Crippen MR) is 118 cm³/mol. The summed E-state index contributed by atoms with van der Waals surface area (Å²) in [7, 11) is -0.827. The Kier molecular flexibility index (Phi) is 7.76. The van der Waals surface area contributed by atoms with Crippen molar-refractivity contribution in [1.82, 2.24) is 10.6 Å². The molecule has 172 valence electrons. The Labute approximate surface area is 184 Å². The van der Waals surface area contributed by atoms with Crippen molar-refractivity contribution in [3.05, 3.63) is 29.6 Å². The molecule has 0 bridgehead atoms. The Morgan fingerprint density at radius 1 is 1.06 bits per heavy atom. The zero-order valence-corrected chi connectivity index (χ0v) is 19.6. The largest absolute Gasteiger partial charge is 0.497 e. The lowest BCUT2D eigenvalue weighted by Crippen LogP contribution is -2.41. The van der Waals surface area contributed by atoms with Gasteiger partial charge in [-0.1, -0.05) is 12.1 Å². The molecule has 0 saturated carbocycles. The van der Waals surface area contributed by atoms with Crippen LogP contribution in [0.5, 0.6) is 0 Å². The summed E-state index contributed by atoms with van der Waals surface area (Å²) in [5, 5.41) is 5.43. The quantitative estimate of drug-likeness (QED) is 0.507. The second-order valence-corrected chi connectivity index (χ2v) is 9.75. The summed E-state index contributed by atoms with van der Waals surface area (Å²) in [5.74, 6) is -0.625. The summed E-state index contributed by atoms with van der Waals surface area (Å²) >= 11 is 0. The van der Waals surface area contributed by atoms with Crippen molar-refractivity contribution < 1.29 is 28.0 Å². The van der Waals surface area contributed by atoms with Gasteiger partial charge >= 0.3 is 13.2 Å². The van der Waals surface area contributed by atoms with Gasteiger partial charge in [0.05, 0.1) is 17.6 Å². The number of nitrogens with one attached hydrogen (secondary N) is 2. The smallest absolute Gasteiger partial charge is 0.444 e. The van der Waals surface area contributed by atoms with Gasteiger partial charge in [-0.25, -0.2) is 9.18 Å². The van der Waals surface area contributed by atoms with Crippen LogP contribution in [0, 0.1) is 5.82 Å². The van der Waals surface area contributed by atoms with E-state index >= 15 is 0 Å². The van der Waals surface area contributed by atoms with Crippen LogP contribution in [-0.4, -0.2) is 49.0 Å². The zero-order chi connectivity index (χ0) is 23.4. The van der Waals surface area contributed by atoms with Gasteiger partial charge in [0.1, 0.15) is 11.4 Å². The number of alkyl carbamates (subject to hydrolysis) is 1. The Balaban J connectivity index is 1.83. The maximum Gasteiger partial charge on any atom is 0.497 e. The molecule has 2 rings (SSSR count). The van der Waals surface area contributed by atoms with Gasteiger partial charge in [0.2, 0.25) is 5.91 Å². The fourth-order valence-corrected chi connectivity index (χ4v) is 2.92. The summed E-state index contributed by atoms with van der Waals surface area (Å²) < 4.78 is 31.4. The number of halogens is 1. The first-order valence-electron chi connectivity index (χ1n) is 10.6. The van der Waals surface area contributed by atoms with Crippen LogP contribution in [0.3, 0.4) is 0 Å². The monoisotopic (exact) mass is 436 g/mol. The minimum Gasteiger partial charge on any atom is -0.444 e. The van der Waals surface area contributed by atoms with Crippen LogP contribution in [0.1, 0.15) is 60.5 Å². The molecule has 1 saturated heterocycles. The number of hydrogen-bond donors (Lipinski definition) is 2. The van der Waals surface area contributed by atoms with Crippen LogP contribution >= 0.6 is 0 Å². The fourth-order valence-electron chi connectivity index (χ4n) is 2.92. The van der Waals surface area contributed by atoms with E-state index in [0.29, 0.717) is 25.1 Å². The minimum atomic E-state index is -0.827. The second-order valence-electron chi connectivity index (χ2n) is 9.75. The fraction of sp³-hybridized carbons (Fsp3) is 0.636. The van der Waals surface area contributed by atoms with Crippen molar-refractivity contribution in [1.29, 1.82) is 0 Å². The number of ether oxygens (including phenoxy) is 1. The molecular formula is C22H34BFN2O5.